The first-order valence-electron chi connectivity index (χ1n) is 6.73. The van der Waals surface area contributed by atoms with Crippen LogP contribution in [-0.4, -0.2) is 61.7 Å². The predicted molar refractivity (Wildman–Crippen MR) is 70.8 cm³/mol. The lowest BCUT2D eigenvalue weighted by Crippen LogP contribution is -2.46. The van der Waals surface area contributed by atoms with Crippen LogP contribution in [0.4, 0.5) is 0 Å². The molecule has 1 aliphatic rings. The average molecular weight is 238 g/mol. The minimum atomic E-state index is -0.0270. The summed E-state index contributed by atoms with van der Waals surface area (Å²) >= 11 is 0. The Morgan fingerprint density at radius 2 is 2.24 bits per heavy atom. The summed E-state index contributed by atoms with van der Waals surface area (Å²) in [5.41, 5.74) is 0. The third kappa shape index (κ3) is 5.03. The highest BCUT2D eigenvalue weighted by Gasteiger charge is 2.22. The van der Waals surface area contributed by atoms with E-state index in [1.54, 1.807) is 0 Å². The zero-order valence-corrected chi connectivity index (χ0v) is 11.4. The van der Waals surface area contributed by atoms with Crippen LogP contribution in [0.25, 0.3) is 0 Å². The maximum absolute atomic E-state index is 9.14. The van der Waals surface area contributed by atoms with E-state index in [2.05, 4.69) is 42.1 Å². The molecule has 1 aliphatic heterocycles. The molecule has 0 aromatic carbocycles. The fourth-order valence-electron chi connectivity index (χ4n) is 2.40. The maximum Gasteiger partial charge on any atom is 0.108 e. The van der Waals surface area contributed by atoms with Crippen molar-refractivity contribution in [1.29, 1.82) is 5.26 Å². The van der Waals surface area contributed by atoms with Gasteiger partial charge in [-0.25, -0.2) is 0 Å². The van der Waals surface area contributed by atoms with E-state index < -0.39 is 0 Å². The summed E-state index contributed by atoms with van der Waals surface area (Å²) in [4.78, 5) is 4.82. The van der Waals surface area contributed by atoms with Gasteiger partial charge in [0.2, 0.25) is 0 Å². The third-order valence-electron chi connectivity index (χ3n) is 3.40. The van der Waals surface area contributed by atoms with Gasteiger partial charge in [0.25, 0.3) is 0 Å². The molecule has 98 valence electrons. The number of likely N-dealkylation sites (N-methyl/N-ethyl adjacent to an activating group) is 1. The van der Waals surface area contributed by atoms with Crippen LogP contribution in [0.2, 0.25) is 0 Å². The van der Waals surface area contributed by atoms with Crippen molar-refractivity contribution in [3.63, 3.8) is 0 Å². The van der Waals surface area contributed by atoms with Gasteiger partial charge in [0.1, 0.15) is 6.04 Å². The summed E-state index contributed by atoms with van der Waals surface area (Å²) < 4.78 is 0. The summed E-state index contributed by atoms with van der Waals surface area (Å²) in [5, 5.41) is 12.4. The van der Waals surface area contributed by atoms with Crippen LogP contribution in [0.3, 0.4) is 0 Å². The fraction of sp³-hybridized carbons (Fsp3) is 0.923. The molecule has 2 atom stereocenters. The van der Waals surface area contributed by atoms with E-state index in [4.69, 9.17) is 5.26 Å². The molecule has 1 saturated heterocycles. The summed E-state index contributed by atoms with van der Waals surface area (Å²) in [6.07, 6.45) is 2.28. The number of nitriles is 1. The first-order valence-corrected chi connectivity index (χ1v) is 6.73. The Labute approximate surface area is 106 Å². The quantitative estimate of drug-likeness (QED) is 0.773. The molecular weight excluding hydrogens is 212 g/mol. The standard InChI is InChI=1S/C13H26N4/c1-4-6-15-13(9-14)11-17-8-5-7-16(3)10-12(17)2/h12-13,15H,4-8,10-11H2,1-3H3. The van der Waals surface area contributed by atoms with Crippen molar-refractivity contribution in [2.24, 2.45) is 0 Å². The second-order valence-corrected chi connectivity index (χ2v) is 5.10. The molecule has 0 aromatic rings. The van der Waals surface area contributed by atoms with Crippen LogP contribution in [0.1, 0.15) is 26.7 Å². The van der Waals surface area contributed by atoms with E-state index >= 15 is 0 Å². The molecule has 0 aromatic heterocycles. The van der Waals surface area contributed by atoms with Gasteiger partial charge in [-0.3, -0.25) is 4.90 Å². The lowest BCUT2D eigenvalue weighted by Gasteiger charge is -2.29. The van der Waals surface area contributed by atoms with Crippen molar-refractivity contribution < 1.29 is 0 Å². The smallest absolute Gasteiger partial charge is 0.108 e. The van der Waals surface area contributed by atoms with Crippen LogP contribution in [0.15, 0.2) is 0 Å². The minimum Gasteiger partial charge on any atom is -0.305 e. The number of hydrogen-bond donors (Lipinski definition) is 1. The van der Waals surface area contributed by atoms with Gasteiger partial charge < -0.3 is 10.2 Å². The third-order valence-corrected chi connectivity index (χ3v) is 3.40. The first kappa shape index (κ1) is 14.4. The number of hydrogen-bond acceptors (Lipinski definition) is 4. The molecule has 0 bridgehead atoms. The molecule has 4 heteroatoms. The summed E-state index contributed by atoms with van der Waals surface area (Å²) in [7, 11) is 2.18. The zero-order valence-electron chi connectivity index (χ0n) is 11.4. The monoisotopic (exact) mass is 238 g/mol. The zero-order chi connectivity index (χ0) is 12.7. The Hall–Kier alpha value is -0.630. The van der Waals surface area contributed by atoms with Crippen molar-refractivity contribution in [3.05, 3.63) is 0 Å². The Morgan fingerprint density at radius 1 is 1.47 bits per heavy atom. The van der Waals surface area contributed by atoms with Crippen molar-refractivity contribution >= 4 is 0 Å². The van der Waals surface area contributed by atoms with Crippen LogP contribution in [0, 0.1) is 11.3 Å². The van der Waals surface area contributed by atoms with Crippen molar-refractivity contribution in [2.75, 3.05) is 39.8 Å². The lowest BCUT2D eigenvalue weighted by atomic mass is 10.2. The van der Waals surface area contributed by atoms with Gasteiger partial charge in [0.15, 0.2) is 0 Å². The Bertz CT molecular complexity index is 248. The Morgan fingerprint density at radius 3 is 2.88 bits per heavy atom. The number of nitrogens with one attached hydrogen (secondary N) is 1. The summed E-state index contributed by atoms with van der Waals surface area (Å²) in [6, 6.07) is 2.89. The van der Waals surface area contributed by atoms with Gasteiger partial charge in [-0.1, -0.05) is 6.92 Å². The average Bonchev–Trinajstić information content (AvgIpc) is 2.46. The molecule has 0 saturated carbocycles. The topological polar surface area (TPSA) is 42.3 Å². The highest BCUT2D eigenvalue weighted by molar-refractivity contribution is 4.93. The first-order chi connectivity index (χ1) is 8.17. The molecule has 0 radical (unpaired) electrons. The normalized spacial score (nSPS) is 25.2. The Kier molecular flexibility index (Phi) is 6.49. The summed E-state index contributed by atoms with van der Waals surface area (Å²) in [5.74, 6) is 0. The van der Waals surface area contributed by atoms with E-state index in [0.717, 1.165) is 32.6 Å². The van der Waals surface area contributed by atoms with Gasteiger partial charge in [-0.15, -0.1) is 0 Å². The highest BCUT2D eigenvalue weighted by Crippen LogP contribution is 2.08. The van der Waals surface area contributed by atoms with Crippen molar-refractivity contribution in [1.82, 2.24) is 15.1 Å². The van der Waals surface area contributed by atoms with Crippen LogP contribution in [0.5, 0.6) is 0 Å². The number of rotatable bonds is 5. The van der Waals surface area contributed by atoms with Crippen molar-refractivity contribution in [3.8, 4) is 6.07 Å². The van der Waals surface area contributed by atoms with Crippen molar-refractivity contribution in [2.45, 2.75) is 38.8 Å². The van der Waals surface area contributed by atoms with E-state index in [0.29, 0.717) is 6.04 Å². The molecule has 1 rings (SSSR count). The second kappa shape index (κ2) is 7.65. The van der Waals surface area contributed by atoms with E-state index in [9.17, 15) is 0 Å². The molecule has 17 heavy (non-hydrogen) atoms. The second-order valence-electron chi connectivity index (χ2n) is 5.10. The highest BCUT2D eigenvalue weighted by atomic mass is 15.2. The largest absolute Gasteiger partial charge is 0.305 e. The summed E-state index contributed by atoms with van der Waals surface area (Å²) in [6.45, 7) is 9.55. The fourth-order valence-corrected chi connectivity index (χ4v) is 2.40. The SMILES string of the molecule is CCCNC(C#N)CN1CCCN(C)CC1C. The predicted octanol–water partition coefficient (Wildman–Crippen LogP) is 0.904. The molecule has 0 amide bonds. The van der Waals surface area contributed by atoms with Gasteiger partial charge in [-0.05, 0) is 46.4 Å². The van der Waals surface area contributed by atoms with E-state index in [-0.39, 0.29) is 6.04 Å². The lowest BCUT2D eigenvalue weighted by molar-refractivity contribution is 0.193. The molecule has 0 spiro atoms. The molecule has 2 unspecified atom stereocenters. The Balaban J connectivity index is 2.44. The molecular formula is C13H26N4. The van der Waals surface area contributed by atoms with Gasteiger partial charge in [-0.2, -0.15) is 5.26 Å². The minimum absolute atomic E-state index is 0.0270. The molecule has 1 N–H and O–H groups in total. The number of nitrogens with zero attached hydrogens (tertiary/aromatic N) is 3. The molecule has 1 fully saturated rings. The van der Waals surface area contributed by atoms with Gasteiger partial charge in [0.05, 0.1) is 6.07 Å². The van der Waals surface area contributed by atoms with Gasteiger partial charge in [0, 0.05) is 19.1 Å². The van der Waals surface area contributed by atoms with Crippen LogP contribution in [-0.2, 0) is 0 Å². The van der Waals surface area contributed by atoms with Gasteiger partial charge >= 0.3 is 0 Å². The van der Waals surface area contributed by atoms with E-state index in [1.807, 2.05) is 0 Å². The van der Waals surface area contributed by atoms with Crippen LogP contribution >= 0.6 is 0 Å². The van der Waals surface area contributed by atoms with Crippen LogP contribution < -0.4 is 5.32 Å². The van der Waals surface area contributed by atoms with E-state index in [1.165, 1.54) is 13.0 Å². The molecule has 0 aliphatic carbocycles. The molecule has 1 heterocycles. The molecule has 4 nitrogen and oxygen atoms in total. The maximum atomic E-state index is 9.14.